The average molecular weight is 454 g/mol. The highest BCUT2D eigenvalue weighted by molar-refractivity contribution is 14.0. The number of rotatable bonds is 5. The molecule has 0 bridgehead atoms. The summed E-state index contributed by atoms with van der Waals surface area (Å²) in [5.74, 6) is 0.926. The molecule has 22 heavy (non-hydrogen) atoms. The number of thiazole rings is 1. The van der Waals surface area contributed by atoms with Crippen molar-refractivity contribution in [1.29, 1.82) is 0 Å². The van der Waals surface area contributed by atoms with E-state index >= 15 is 0 Å². The van der Waals surface area contributed by atoms with E-state index in [0.717, 1.165) is 24.2 Å². The highest BCUT2D eigenvalue weighted by Gasteiger charge is 2.21. The Balaban J connectivity index is 0.00000242. The van der Waals surface area contributed by atoms with Gasteiger partial charge >= 0.3 is 0 Å². The summed E-state index contributed by atoms with van der Waals surface area (Å²) in [7, 11) is 1.84. The van der Waals surface area contributed by atoms with Gasteiger partial charge < -0.3 is 10.6 Å². The second-order valence-electron chi connectivity index (χ2n) is 5.48. The highest BCUT2D eigenvalue weighted by atomic mass is 127. The van der Waals surface area contributed by atoms with Crippen LogP contribution in [-0.2, 0) is 6.42 Å². The maximum atomic E-state index is 4.39. The Morgan fingerprint density at radius 1 is 1.50 bits per heavy atom. The molecule has 1 aliphatic rings. The summed E-state index contributed by atoms with van der Waals surface area (Å²) >= 11 is 3.77. The minimum absolute atomic E-state index is 0. The number of nitrogens with one attached hydrogen (secondary N) is 2. The summed E-state index contributed by atoms with van der Waals surface area (Å²) in [6, 6.07) is 0.560. The number of hydrogen-bond acceptors (Lipinski definition) is 4. The van der Waals surface area contributed by atoms with Gasteiger partial charge in [-0.05, 0) is 32.4 Å². The molecule has 2 unspecified atom stereocenters. The standard InChI is InChI=1S/C15H26N4S2.HI/c1-11-10-18-14(21-11)7-8-17-15(16-2)19-12-5-4-6-13(9-12)20-3;/h10,12-13H,4-9H2,1-3H3,(H2,16,17,19);1H. The van der Waals surface area contributed by atoms with Crippen LogP contribution in [0.3, 0.4) is 0 Å². The van der Waals surface area contributed by atoms with Crippen LogP contribution < -0.4 is 10.6 Å². The molecule has 1 saturated carbocycles. The van der Waals surface area contributed by atoms with Crippen molar-refractivity contribution in [2.45, 2.75) is 50.3 Å². The van der Waals surface area contributed by atoms with Gasteiger partial charge in [0.1, 0.15) is 0 Å². The predicted molar refractivity (Wildman–Crippen MR) is 110 cm³/mol. The van der Waals surface area contributed by atoms with E-state index in [2.05, 4.69) is 33.8 Å². The van der Waals surface area contributed by atoms with Gasteiger partial charge in [-0.1, -0.05) is 6.42 Å². The van der Waals surface area contributed by atoms with E-state index in [0.29, 0.717) is 6.04 Å². The quantitative estimate of drug-likeness (QED) is 0.407. The average Bonchev–Trinajstić information content (AvgIpc) is 2.92. The molecule has 4 nitrogen and oxygen atoms in total. The third-order valence-electron chi connectivity index (χ3n) is 3.82. The fourth-order valence-electron chi connectivity index (χ4n) is 2.68. The Labute approximate surface area is 159 Å². The zero-order valence-corrected chi connectivity index (χ0v) is 17.6. The van der Waals surface area contributed by atoms with Crippen LogP contribution in [0.4, 0.5) is 0 Å². The molecule has 0 saturated heterocycles. The second kappa shape index (κ2) is 10.7. The van der Waals surface area contributed by atoms with Crippen LogP contribution in [0, 0.1) is 6.92 Å². The lowest BCUT2D eigenvalue weighted by Crippen LogP contribution is -2.46. The van der Waals surface area contributed by atoms with E-state index < -0.39 is 0 Å². The molecule has 0 aromatic carbocycles. The van der Waals surface area contributed by atoms with Crippen molar-refractivity contribution in [3.8, 4) is 0 Å². The number of nitrogens with zero attached hydrogens (tertiary/aromatic N) is 2. The first kappa shape index (κ1) is 20.0. The monoisotopic (exact) mass is 454 g/mol. The maximum absolute atomic E-state index is 4.39. The van der Waals surface area contributed by atoms with Crippen LogP contribution in [0.25, 0.3) is 0 Å². The normalized spacial score (nSPS) is 22.0. The summed E-state index contributed by atoms with van der Waals surface area (Å²) in [6.45, 7) is 2.98. The van der Waals surface area contributed by atoms with E-state index in [4.69, 9.17) is 0 Å². The van der Waals surface area contributed by atoms with Crippen LogP contribution in [0.5, 0.6) is 0 Å². The molecule has 0 radical (unpaired) electrons. The third kappa shape index (κ3) is 6.62. The molecule has 1 aromatic heterocycles. The van der Waals surface area contributed by atoms with Crippen molar-refractivity contribution in [3.63, 3.8) is 0 Å². The van der Waals surface area contributed by atoms with Crippen molar-refractivity contribution >= 4 is 53.0 Å². The van der Waals surface area contributed by atoms with E-state index in [9.17, 15) is 0 Å². The Hall–Kier alpha value is -0.0200. The number of aliphatic imine (C=N–C) groups is 1. The maximum Gasteiger partial charge on any atom is 0.191 e. The highest BCUT2D eigenvalue weighted by Crippen LogP contribution is 2.26. The van der Waals surface area contributed by atoms with Gasteiger partial charge in [-0.3, -0.25) is 4.99 Å². The first-order valence-corrected chi connectivity index (χ1v) is 9.73. The molecule has 1 fully saturated rings. The van der Waals surface area contributed by atoms with Crippen molar-refractivity contribution in [2.24, 2.45) is 4.99 Å². The van der Waals surface area contributed by atoms with E-state index in [1.54, 1.807) is 11.3 Å². The first-order valence-electron chi connectivity index (χ1n) is 7.62. The van der Waals surface area contributed by atoms with Crippen molar-refractivity contribution in [1.82, 2.24) is 15.6 Å². The number of aryl methyl sites for hydroxylation is 1. The zero-order chi connectivity index (χ0) is 15.1. The van der Waals surface area contributed by atoms with Gasteiger partial charge in [0.25, 0.3) is 0 Å². The molecule has 1 heterocycles. The minimum atomic E-state index is 0. The van der Waals surface area contributed by atoms with Crippen LogP contribution in [0.2, 0.25) is 0 Å². The van der Waals surface area contributed by atoms with Gasteiger partial charge in [0.05, 0.1) is 5.01 Å². The summed E-state index contributed by atoms with van der Waals surface area (Å²) < 4.78 is 0. The van der Waals surface area contributed by atoms with Gasteiger partial charge in [-0.2, -0.15) is 11.8 Å². The Kier molecular flexibility index (Phi) is 9.74. The molecule has 7 heteroatoms. The number of aromatic nitrogens is 1. The smallest absolute Gasteiger partial charge is 0.191 e. The van der Waals surface area contributed by atoms with Crippen molar-refractivity contribution in [2.75, 3.05) is 19.8 Å². The van der Waals surface area contributed by atoms with Gasteiger partial charge in [0, 0.05) is 42.4 Å². The molecular formula is C15H27IN4S2. The first-order chi connectivity index (χ1) is 10.2. The summed E-state index contributed by atoms with van der Waals surface area (Å²) in [5.41, 5.74) is 0. The SMILES string of the molecule is CN=C(NCCc1ncc(C)s1)NC1CCCC(SC)C1.I. The summed E-state index contributed by atoms with van der Waals surface area (Å²) in [6.07, 6.45) is 10.3. The van der Waals surface area contributed by atoms with Crippen LogP contribution in [0.15, 0.2) is 11.2 Å². The number of guanidine groups is 1. The number of thioether (sulfide) groups is 1. The molecule has 1 aliphatic carbocycles. The predicted octanol–water partition coefficient (Wildman–Crippen LogP) is 3.45. The third-order valence-corrected chi connectivity index (χ3v) is 5.89. The molecule has 1 aromatic rings. The van der Waals surface area contributed by atoms with Crippen molar-refractivity contribution < 1.29 is 0 Å². The Bertz CT molecular complexity index is 464. The lowest BCUT2D eigenvalue weighted by molar-refractivity contribution is 0.419. The zero-order valence-electron chi connectivity index (χ0n) is 13.6. The topological polar surface area (TPSA) is 49.3 Å². The fraction of sp³-hybridized carbons (Fsp3) is 0.733. The van der Waals surface area contributed by atoms with Gasteiger partial charge in [0.2, 0.25) is 0 Å². The molecular weight excluding hydrogens is 427 g/mol. The molecule has 126 valence electrons. The molecule has 2 rings (SSSR count). The van der Waals surface area contributed by atoms with Crippen LogP contribution >= 0.6 is 47.1 Å². The summed E-state index contributed by atoms with van der Waals surface area (Å²) in [4.78, 5) is 10.0. The largest absolute Gasteiger partial charge is 0.356 e. The number of hydrogen-bond donors (Lipinski definition) is 2. The molecule has 2 atom stereocenters. The van der Waals surface area contributed by atoms with Gasteiger partial charge in [-0.25, -0.2) is 4.98 Å². The van der Waals surface area contributed by atoms with Crippen LogP contribution in [-0.4, -0.2) is 42.1 Å². The Morgan fingerprint density at radius 2 is 2.32 bits per heavy atom. The lowest BCUT2D eigenvalue weighted by Gasteiger charge is -2.29. The molecule has 0 amide bonds. The van der Waals surface area contributed by atoms with Crippen molar-refractivity contribution in [3.05, 3.63) is 16.1 Å². The fourth-order valence-corrected chi connectivity index (χ4v) is 4.30. The second-order valence-corrected chi connectivity index (χ2v) is 7.94. The summed E-state index contributed by atoms with van der Waals surface area (Å²) in [5, 5.41) is 8.97. The van der Waals surface area contributed by atoms with E-state index in [1.807, 2.05) is 25.0 Å². The van der Waals surface area contributed by atoms with E-state index in [1.165, 1.54) is 35.6 Å². The van der Waals surface area contributed by atoms with Gasteiger partial charge in [0.15, 0.2) is 5.96 Å². The van der Waals surface area contributed by atoms with Gasteiger partial charge in [-0.15, -0.1) is 35.3 Å². The molecule has 2 N–H and O–H groups in total. The minimum Gasteiger partial charge on any atom is -0.356 e. The Morgan fingerprint density at radius 3 is 2.95 bits per heavy atom. The number of halogens is 1. The lowest BCUT2D eigenvalue weighted by atomic mass is 9.95. The van der Waals surface area contributed by atoms with E-state index in [-0.39, 0.29) is 24.0 Å². The molecule has 0 aliphatic heterocycles. The molecule has 0 spiro atoms. The van der Waals surface area contributed by atoms with Crippen LogP contribution in [0.1, 0.15) is 35.6 Å².